The molecule has 8 nitrogen and oxygen atoms in total. The average molecular weight is 490 g/mol. The number of aromatic nitrogens is 4. The average Bonchev–Trinajstić information content (AvgIpc) is 3.28. The van der Waals surface area contributed by atoms with Gasteiger partial charge in [0.05, 0.1) is 6.04 Å². The van der Waals surface area contributed by atoms with Gasteiger partial charge in [-0.05, 0) is 56.6 Å². The van der Waals surface area contributed by atoms with E-state index in [4.69, 9.17) is 0 Å². The van der Waals surface area contributed by atoms with Crippen molar-refractivity contribution in [3.8, 4) is 0 Å². The number of carbonyl (C=O) groups excluding carboxylic acids is 1. The molecule has 1 fully saturated rings. The molecule has 35 heavy (non-hydrogen) atoms. The van der Waals surface area contributed by atoms with Crippen molar-refractivity contribution in [2.24, 2.45) is 5.92 Å². The van der Waals surface area contributed by atoms with Gasteiger partial charge in [-0.3, -0.25) is 4.79 Å². The third-order valence-corrected chi connectivity index (χ3v) is 6.56. The molecule has 0 spiro atoms. The fraction of sp³-hybridized carbons (Fsp3) is 0.500. The van der Waals surface area contributed by atoms with Crippen LogP contribution in [0.3, 0.4) is 0 Å². The van der Waals surface area contributed by atoms with E-state index in [9.17, 15) is 18.0 Å². The Bertz CT molecular complexity index is 1150. The molecule has 0 saturated carbocycles. The van der Waals surface area contributed by atoms with Gasteiger partial charge in [-0.15, -0.1) is 15.3 Å². The van der Waals surface area contributed by atoms with Crippen molar-refractivity contribution in [1.29, 1.82) is 0 Å². The number of hydrogen-bond donors (Lipinski definition) is 1. The minimum atomic E-state index is -4.64. The van der Waals surface area contributed by atoms with E-state index in [1.807, 2.05) is 19.0 Å². The first-order chi connectivity index (χ1) is 16.7. The van der Waals surface area contributed by atoms with Crippen LogP contribution in [-0.2, 0) is 17.4 Å². The second-order valence-corrected chi connectivity index (χ2v) is 9.06. The minimum Gasteiger partial charge on any atom is -0.355 e. The van der Waals surface area contributed by atoms with Crippen LogP contribution < -0.4 is 10.2 Å². The van der Waals surface area contributed by atoms with Gasteiger partial charge in [-0.2, -0.15) is 17.7 Å². The summed E-state index contributed by atoms with van der Waals surface area (Å²) in [6, 6.07) is 11.6. The zero-order valence-electron chi connectivity index (χ0n) is 20.1. The van der Waals surface area contributed by atoms with Gasteiger partial charge in [0.2, 0.25) is 5.91 Å². The molecule has 1 aliphatic rings. The SMILES string of the molecule is CCc1ccc([C@@H](CNC(=O)C2CCN(c3ccc4nnc(C(F)(F)F)n4n3)CC2)N(C)C)cc1. The summed E-state index contributed by atoms with van der Waals surface area (Å²) in [4.78, 5) is 16.9. The summed E-state index contributed by atoms with van der Waals surface area (Å²) in [6.45, 7) is 3.67. The van der Waals surface area contributed by atoms with Crippen molar-refractivity contribution in [2.75, 3.05) is 38.6 Å². The summed E-state index contributed by atoms with van der Waals surface area (Å²) in [7, 11) is 3.99. The quantitative estimate of drug-likeness (QED) is 0.549. The molecule has 1 N–H and O–H groups in total. The lowest BCUT2D eigenvalue weighted by molar-refractivity contribution is -0.146. The number of fused-ring (bicyclic) bond motifs is 1. The van der Waals surface area contributed by atoms with Gasteiger partial charge >= 0.3 is 6.18 Å². The number of halogens is 3. The van der Waals surface area contributed by atoms with Gasteiger partial charge in [0.1, 0.15) is 5.82 Å². The molecule has 1 saturated heterocycles. The Morgan fingerprint density at radius 3 is 2.40 bits per heavy atom. The molecular formula is C24H30F3N7O. The maximum absolute atomic E-state index is 13.2. The number of hydrogen-bond acceptors (Lipinski definition) is 6. The molecule has 0 unspecified atom stereocenters. The van der Waals surface area contributed by atoms with Crippen LogP contribution >= 0.6 is 0 Å². The zero-order valence-corrected chi connectivity index (χ0v) is 20.1. The van der Waals surface area contributed by atoms with Gasteiger partial charge in [-0.1, -0.05) is 31.2 Å². The van der Waals surface area contributed by atoms with Crippen molar-refractivity contribution < 1.29 is 18.0 Å². The van der Waals surface area contributed by atoms with E-state index in [0.29, 0.717) is 38.3 Å². The number of benzene rings is 1. The van der Waals surface area contributed by atoms with Crippen molar-refractivity contribution in [1.82, 2.24) is 30.0 Å². The maximum Gasteiger partial charge on any atom is 0.453 e. The van der Waals surface area contributed by atoms with Crippen molar-refractivity contribution in [2.45, 2.75) is 38.4 Å². The van der Waals surface area contributed by atoms with E-state index in [2.05, 4.69) is 56.7 Å². The number of nitrogens with one attached hydrogen (secondary N) is 1. The highest BCUT2D eigenvalue weighted by atomic mass is 19.4. The van der Waals surface area contributed by atoms with Crippen molar-refractivity contribution >= 4 is 17.4 Å². The lowest BCUT2D eigenvalue weighted by Crippen LogP contribution is -2.43. The lowest BCUT2D eigenvalue weighted by atomic mass is 9.95. The van der Waals surface area contributed by atoms with Gasteiger partial charge in [-0.25, -0.2) is 0 Å². The van der Waals surface area contributed by atoms with Gasteiger partial charge < -0.3 is 15.1 Å². The van der Waals surface area contributed by atoms with Crippen LogP contribution in [-0.4, -0.2) is 64.3 Å². The first-order valence-corrected chi connectivity index (χ1v) is 11.7. The van der Waals surface area contributed by atoms with Crippen LogP contribution in [0, 0.1) is 5.92 Å². The van der Waals surface area contributed by atoms with E-state index in [1.54, 1.807) is 6.07 Å². The van der Waals surface area contributed by atoms with Crippen molar-refractivity contribution in [3.05, 3.63) is 53.3 Å². The maximum atomic E-state index is 13.2. The zero-order chi connectivity index (χ0) is 25.2. The first-order valence-electron chi connectivity index (χ1n) is 11.7. The molecule has 0 radical (unpaired) electrons. The predicted molar refractivity (Wildman–Crippen MR) is 126 cm³/mol. The highest BCUT2D eigenvalue weighted by molar-refractivity contribution is 5.79. The number of aryl methyl sites for hydroxylation is 1. The summed E-state index contributed by atoms with van der Waals surface area (Å²) in [5, 5.41) is 14.0. The summed E-state index contributed by atoms with van der Waals surface area (Å²) < 4.78 is 40.2. The lowest BCUT2D eigenvalue weighted by Gasteiger charge is -2.32. The molecule has 4 rings (SSSR count). The van der Waals surface area contributed by atoms with Crippen LogP contribution in [0.2, 0.25) is 0 Å². The predicted octanol–water partition coefficient (Wildman–Crippen LogP) is 3.34. The summed E-state index contributed by atoms with van der Waals surface area (Å²) >= 11 is 0. The largest absolute Gasteiger partial charge is 0.453 e. The molecule has 1 atom stereocenters. The highest BCUT2D eigenvalue weighted by Gasteiger charge is 2.38. The number of nitrogens with zero attached hydrogens (tertiary/aromatic N) is 6. The van der Waals surface area contributed by atoms with E-state index in [1.165, 1.54) is 11.6 Å². The molecule has 1 amide bonds. The molecule has 1 aromatic carbocycles. The molecule has 3 aromatic rings. The Kier molecular flexibility index (Phi) is 7.25. The second-order valence-electron chi connectivity index (χ2n) is 9.06. The number of likely N-dealkylation sites (N-methyl/N-ethyl adjacent to an activating group) is 1. The first kappa shape index (κ1) is 24.9. The molecular weight excluding hydrogens is 459 g/mol. The van der Waals surface area contributed by atoms with Crippen LogP contribution in [0.4, 0.5) is 19.0 Å². The Hall–Kier alpha value is -3.21. The number of anilines is 1. The van der Waals surface area contributed by atoms with Gasteiger partial charge in [0.25, 0.3) is 5.82 Å². The third-order valence-electron chi connectivity index (χ3n) is 6.56. The van der Waals surface area contributed by atoms with Crippen LogP contribution in [0.1, 0.15) is 42.8 Å². The van der Waals surface area contributed by atoms with Gasteiger partial charge in [0.15, 0.2) is 5.65 Å². The highest BCUT2D eigenvalue weighted by Crippen LogP contribution is 2.29. The molecule has 1 aliphatic heterocycles. The second kappa shape index (κ2) is 10.2. The number of carbonyl (C=O) groups is 1. The van der Waals surface area contributed by atoms with E-state index < -0.39 is 12.0 Å². The summed E-state index contributed by atoms with van der Waals surface area (Å²) in [5.41, 5.74) is 2.46. The third kappa shape index (κ3) is 5.55. The normalized spacial score (nSPS) is 16.1. The summed E-state index contributed by atoms with van der Waals surface area (Å²) in [6.07, 6.45) is -2.47. The summed E-state index contributed by atoms with van der Waals surface area (Å²) in [5.74, 6) is -0.891. The Labute approximate surface area is 202 Å². The minimum absolute atomic E-state index is 0.00302. The number of rotatable bonds is 7. The van der Waals surface area contributed by atoms with E-state index in [0.717, 1.165) is 16.5 Å². The number of amides is 1. The van der Waals surface area contributed by atoms with Crippen LogP contribution in [0.5, 0.6) is 0 Å². The Balaban J connectivity index is 1.35. The fourth-order valence-electron chi connectivity index (χ4n) is 4.41. The monoisotopic (exact) mass is 489 g/mol. The molecule has 11 heteroatoms. The molecule has 2 aromatic heterocycles. The van der Waals surface area contributed by atoms with Gasteiger partial charge in [0, 0.05) is 25.6 Å². The number of piperidine rings is 1. The molecule has 188 valence electrons. The van der Waals surface area contributed by atoms with E-state index in [-0.39, 0.29) is 23.5 Å². The smallest absolute Gasteiger partial charge is 0.355 e. The van der Waals surface area contributed by atoms with Crippen LogP contribution in [0.15, 0.2) is 36.4 Å². The molecule has 0 bridgehead atoms. The van der Waals surface area contributed by atoms with Crippen LogP contribution in [0.25, 0.3) is 5.65 Å². The van der Waals surface area contributed by atoms with E-state index >= 15 is 0 Å². The number of alkyl halides is 3. The Morgan fingerprint density at radius 1 is 1.11 bits per heavy atom. The molecule has 0 aliphatic carbocycles. The fourth-order valence-corrected chi connectivity index (χ4v) is 4.41. The topological polar surface area (TPSA) is 78.7 Å². The Morgan fingerprint density at radius 2 is 1.80 bits per heavy atom. The molecule has 3 heterocycles. The van der Waals surface area contributed by atoms with Crippen molar-refractivity contribution in [3.63, 3.8) is 0 Å². The standard InChI is InChI=1S/C24H30F3N7O/c1-4-16-5-7-17(8-6-16)19(32(2)3)15-28-22(35)18-11-13-33(14-12-18)21-10-9-20-29-30-23(24(25,26)27)34(20)31-21/h5-10,18-19H,4,11-15H2,1-3H3,(H,28,35)/t19-/m1/s1.